The maximum absolute atomic E-state index is 6.33. The van der Waals surface area contributed by atoms with Gasteiger partial charge in [0.05, 0.1) is 11.7 Å². The third-order valence-electron chi connectivity index (χ3n) is 4.88. The summed E-state index contributed by atoms with van der Waals surface area (Å²) in [5.41, 5.74) is 1.53. The van der Waals surface area contributed by atoms with E-state index in [2.05, 4.69) is 24.4 Å². The number of ether oxygens (including phenoxy) is 1. The van der Waals surface area contributed by atoms with Crippen LogP contribution in [-0.2, 0) is 4.74 Å². The topological polar surface area (TPSA) is 21.3 Å². The lowest BCUT2D eigenvalue weighted by atomic mass is 9.98. The summed E-state index contributed by atoms with van der Waals surface area (Å²) in [5, 5.41) is 4.39. The van der Waals surface area contributed by atoms with Gasteiger partial charge in [-0.25, -0.2) is 0 Å². The van der Waals surface area contributed by atoms with Crippen molar-refractivity contribution in [3.05, 3.63) is 34.9 Å². The summed E-state index contributed by atoms with van der Waals surface area (Å²) in [4.78, 5) is 0. The van der Waals surface area contributed by atoms with Gasteiger partial charge in [0, 0.05) is 17.6 Å². The summed E-state index contributed by atoms with van der Waals surface area (Å²) in [6.45, 7) is 3.15. The lowest BCUT2D eigenvalue weighted by molar-refractivity contribution is -0.0357. The van der Waals surface area contributed by atoms with Gasteiger partial charge in [-0.05, 0) is 50.3 Å². The van der Waals surface area contributed by atoms with Crippen LogP contribution >= 0.6 is 11.6 Å². The van der Waals surface area contributed by atoms with Crippen molar-refractivity contribution < 1.29 is 4.74 Å². The zero-order valence-electron chi connectivity index (χ0n) is 12.2. The zero-order valence-corrected chi connectivity index (χ0v) is 13.0. The van der Waals surface area contributed by atoms with Gasteiger partial charge in [-0.15, -0.1) is 0 Å². The van der Waals surface area contributed by atoms with E-state index in [4.69, 9.17) is 16.3 Å². The van der Waals surface area contributed by atoms with E-state index in [0.717, 1.165) is 11.6 Å². The Kier molecular flexibility index (Phi) is 4.34. The van der Waals surface area contributed by atoms with Crippen molar-refractivity contribution in [2.24, 2.45) is 0 Å². The van der Waals surface area contributed by atoms with Crippen LogP contribution in [0.4, 0.5) is 0 Å². The van der Waals surface area contributed by atoms with Crippen LogP contribution in [0, 0.1) is 0 Å². The van der Waals surface area contributed by atoms with E-state index in [0.29, 0.717) is 12.1 Å². The van der Waals surface area contributed by atoms with Gasteiger partial charge in [-0.2, -0.15) is 0 Å². The van der Waals surface area contributed by atoms with E-state index >= 15 is 0 Å². The van der Waals surface area contributed by atoms with Crippen LogP contribution in [0.1, 0.15) is 57.1 Å². The molecule has 0 bridgehead atoms. The first kappa shape index (κ1) is 14.4. The van der Waals surface area contributed by atoms with E-state index in [1.165, 1.54) is 44.1 Å². The minimum Gasteiger partial charge on any atom is -0.370 e. The first-order valence-corrected chi connectivity index (χ1v) is 8.21. The Hall–Kier alpha value is -0.570. The normalized spacial score (nSPS) is 26.2. The van der Waals surface area contributed by atoms with Crippen molar-refractivity contribution in [1.82, 2.24) is 5.32 Å². The molecule has 0 radical (unpaired) electrons. The SMILES string of the molecule is C[C@@H](NCC1CCC2(CCCC2)O1)c1ccc(Cl)cc1. The van der Waals surface area contributed by atoms with Gasteiger partial charge in [0.25, 0.3) is 0 Å². The Balaban J connectivity index is 1.49. The average Bonchev–Trinajstić information content (AvgIpc) is 3.08. The zero-order chi connectivity index (χ0) is 14.0. The fourth-order valence-corrected chi connectivity index (χ4v) is 3.73. The molecular weight excluding hydrogens is 270 g/mol. The molecule has 2 nitrogen and oxygen atoms in total. The van der Waals surface area contributed by atoms with Gasteiger partial charge in [0.1, 0.15) is 0 Å². The molecule has 1 spiro atoms. The Bertz CT molecular complexity index is 439. The predicted molar refractivity (Wildman–Crippen MR) is 83.2 cm³/mol. The highest BCUT2D eigenvalue weighted by molar-refractivity contribution is 6.30. The molecule has 0 aromatic heterocycles. The summed E-state index contributed by atoms with van der Waals surface area (Å²) in [7, 11) is 0. The highest BCUT2D eigenvalue weighted by Gasteiger charge is 2.41. The lowest BCUT2D eigenvalue weighted by Gasteiger charge is -2.24. The van der Waals surface area contributed by atoms with Gasteiger partial charge in [-0.1, -0.05) is 36.6 Å². The van der Waals surface area contributed by atoms with Crippen LogP contribution < -0.4 is 5.32 Å². The molecule has 1 aliphatic heterocycles. The van der Waals surface area contributed by atoms with Gasteiger partial charge in [-0.3, -0.25) is 0 Å². The van der Waals surface area contributed by atoms with Crippen molar-refractivity contribution in [2.45, 2.75) is 63.2 Å². The van der Waals surface area contributed by atoms with Crippen molar-refractivity contribution in [3.8, 4) is 0 Å². The molecule has 1 saturated carbocycles. The Morgan fingerprint density at radius 2 is 1.95 bits per heavy atom. The molecule has 2 atom stereocenters. The minimum absolute atomic E-state index is 0.246. The molecular formula is C17H24ClNO. The van der Waals surface area contributed by atoms with Gasteiger partial charge >= 0.3 is 0 Å². The van der Waals surface area contributed by atoms with Crippen LogP contribution in [0.3, 0.4) is 0 Å². The fraction of sp³-hybridized carbons (Fsp3) is 0.647. The van der Waals surface area contributed by atoms with Crippen LogP contribution in [0.25, 0.3) is 0 Å². The first-order valence-electron chi connectivity index (χ1n) is 7.84. The van der Waals surface area contributed by atoms with Gasteiger partial charge in [0.15, 0.2) is 0 Å². The number of benzene rings is 1. The Morgan fingerprint density at radius 1 is 1.25 bits per heavy atom. The third kappa shape index (κ3) is 3.19. The molecule has 2 aliphatic rings. The fourth-order valence-electron chi connectivity index (χ4n) is 3.60. The molecule has 1 N–H and O–H groups in total. The highest BCUT2D eigenvalue weighted by atomic mass is 35.5. The summed E-state index contributed by atoms with van der Waals surface area (Å²) in [6, 6.07) is 8.43. The molecule has 3 heteroatoms. The van der Waals surface area contributed by atoms with E-state index in [9.17, 15) is 0 Å². The summed E-state index contributed by atoms with van der Waals surface area (Å²) >= 11 is 5.93. The molecule has 20 heavy (non-hydrogen) atoms. The third-order valence-corrected chi connectivity index (χ3v) is 5.13. The van der Waals surface area contributed by atoms with E-state index in [1.54, 1.807) is 0 Å². The second-order valence-corrected chi connectivity index (χ2v) is 6.79. The van der Waals surface area contributed by atoms with Crippen molar-refractivity contribution >= 4 is 11.6 Å². The van der Waals surface area contributed by atoms with Crippen molar-refractivity contribution in [1.29, 1.82) is 0 Å². The van der Waals surface area contributed by atoms with E-state index < -0.39 is 0 Å². The second-order valence-electron chi connectivity index (χ2n) is 6.35. The molecule has 1 aromatic rings. The largest absolute Gasteiger partial charge is 0.370 e. The van der Waals surface area contributed by atoms with Crippen LogP contribution in [0.15, 0.2) is 24.3 Å². The molecule has 0 amide bonds. The Labute approximate surface area is 126 Å². The minimum atomic E-state index is 0.246. The average molecular weight is 294 g/mol. The highest BCUT2D eigenvalue weighted by Crippen LogP contribution is 2.43. The smallest absolute Gasteiger partial charge is 0.0708 e. The number of hydrogen-bond donors (Lipinski definition) is 1. The molecule has 110 valence electrons. The second kappa shape index (κ2) is 6.05. The molecule has 2 fully saturated rings. The van der Waals surface area contributed by atoms with E-state index in [1.807, 2.05) is 12.1 Å². The summed E-state index contributed by atoms with van der Waals surface area (Å²) in [6.07, 6.45) is 8.10. The maximum Gasteiger partial charge on any atom is 0.0708 e. The summed E-state index contributed by atoms with van der Waals surface area (Å²) < 4.78 is 6.33. The number of halogens is 1. The molecule has 1 aromatic carbocycles. The van der Waals surface area contributed by atoms with Gasteiger partial charge in [0.2, 0.25) is 0 Å². The number of hydrogen-bond acceptors (Lipinski definition) is 2. The van der Waals surface area contributed by atoms with Crippen LogP contribution in [0.5, 0.6) is 0 Å². The Morgan fingerprint density at radius 3 is 2.65 bits per heavy atom. The molecule has 1 saturated heterocycles. The number of rotatable bonds is 4. The molecule has 1 unspecified atom stereocenters. The maximum atomic E-state index is 6.33. The molecule has 1 heterocycles. The quantitative estimate of drug-likeness (QED) is 0.883. The predicted octanol–water partition coefficient (Wildman–Crippen LogP) is 4.48. The number of nitrogens with one attached hydrogen (secondary N) is 1. The van der Waals surface area contributed by atoms with Crippen molar-refractivity contribution in [2.75, 3.05) is 6.54 Å². The lowest BCUT2D eigenvalue weighted by Crippen LogP contribution is -2.32. The molecule has 1 aliphatic carbocycles. The van der Waals surface area contributed by atoms with E-state index in [-0.39, 0.29) is 5.60 Å². The molecule has 3 rings (SSSR count). The van der Waals surface area contributed by atoms with Crippen LogP contribution in [0.2, 0.25) is 5.02 Å². The van der Waals surface area contributed by atoms with Crippen LogP contribution in [-0.4, -0.2) is 18.2 Å². The standard InChI is InChI=1S/C17H24ClNO/c1-13(14-4-6-15(18)7-5-14)19-12-16-8-11-17(20-16)9-2-3-10-17/h4-7,13,16,19H,2-3,8-12H2,1H3/t13-,16?/m1/s1. The van der Waals surface area contributed by atoms with Crippen molar-refractivity contribution in [3.63, 3.8) is 0 Å². The summed E-state index contributed by atoms with van der Waals surface area (Å²) in [5.74, 6) is 0. The monoisotopic (exact) mass is 293 g/mol. The van der Waals surface area contributed by atoms with Gasteiger partial charge < -0.3 is 10.1 Å². The first-order chi connectivity index (χ1) is 9.67.